The van der Waals surface area contributed by atoms with E-state index in [4.69, 9.17) is 0 Å². The first-order valence-electron chi connectivity index (χ1n) is 11.3. The predicted octanol–water partition coefficient (Wildman–Crippen LogP) is 2.97. The van der Waals surface area contributed by atoms with Crippen LogP contribution in [0, 0.1) is 6.92 Å². The molecule has 0 bridgehead atoms. The van der Waals surface area contributed by atoms with Gasteiger partial charge in [0, 0.05) is 50.2 Å². The first-order valence-corrected chi connectivity index (χ1v) is 11.3. The Morgan fingerprint density at radius 1 is 0.968 bits per heavy atom. The van der Waals surface area contributed by atoms with Crippen LogP contribution in [0.15, 0.2) is 47.4 Å². The first kappa shape index (κ1) is 20.0. The Labute approximate surface area is 181 Å². The van der Waals surface area contributed by atoms with E-state index < -0.39 is 0 Å². The van der Waals surface area contributed by atoms with E-state index in [1.54, 1.807) is 6.20 Å². The van der Waals surface area contributed by atoms with E-state index in [9.17, 15) is 9.59 Å². The molecule has 2 aromatic heterocycles. The highest BCUT2D eigenvalue weighted by atomic mass is 16.2. The summed E-state index contributed by atoms with van der Waals surface area (Å²) in [6.07, 6.45) is 5.70. The van der Waals surface area contributed by atoms with Gasteiger partial charge in [-0.3, -0.25) is 14.3 Å². The van der Waals surface area contributed by atoms with Crippen molar-refractivity contribution < 1.29 is 4.79 Å². The number of amides is 1. The summed E-state index contributed by atoms with van der Waals surface area (Å²) in [5.74, 6) is 0.0986. The lowest BCUT2D eigenvalue weighted by Gasteiger charge is -2.42. The van der Waals surface area contributed by atoms with Gasteiger partial charge in [-0.15, -0.1) is 0 Å². The number of hydrogen-bond acceptors (Lipinski definition) is 4. The van der Waals surface area contributed by atoms with Gasteiger partial charge in [0.15, 0.2) is 0 Å². The molecule has 0 saturated carbocycles. The summed E-state index contributed by atoms with van der Waals surface area (Å²) >= 11 is 0. The Kier molecular flexibility index (Phi) is 5.36. The van der Waals surface area contributed by atoms with Crippen molar-refractivity contribution in [2.75, 3.05) is 26.2 Å². The Balaban J connectivity index is 1.19. The molecule has 5 rings (SSSR count). The largest absolute Gasteiger partial charge is 0.338 e. The lowest BCUT2D eigenvalue weighted by atomic mass is 9.97. The summed E-state index contributed by atoms with van der Waals surface area (Å²) in [4.78, 5) is 37.1. The second-order valence-electron chi connectivity index (χ2n) is 8.74. The lowest BCUT2D eigenvalue weighted by Crippen LogP contribution is -2.49. The maximum absolute atomic E-state index is 12.9. The highest BCUT2D eigenvalue weighted by molar-refractivity contribution is 5.95. The summed E-state index contributed by atoms with van der Waals surface area (Å²) in [6.45, 7) is 5.47. The fourth-order valence-electron chi connectivity index (χ4n) is 5.26. The van der Waals surface area contributed by atoms with E-state index in [-0.39, 0.29) is 17.6 Å². The van der Waals surface area contributed by atoms with Gasteiger partial charge in [0.1, 0.15) is 0 Å². The van der Waals surface area contributed by atoms with Crippen molar-refractivity contribution in [2.24, 2.45) is 0 Å². The number of carbonyl (C=O) groups is 1. The smallest absolute Gasteiger partial charge is 0.326 e. The van der Waals surface area contributed by atoms with Gasteiger partial charge < -0.3 is 14.8 Å². The van der Waals surface area contributed by atoms with Crippen LogP contribution in [-0.4, -0.2) is 62.5 Å². The Morgan fingerprint density at radius 3 is 2.42 bits per heavy atom. The van der Waals surface area contributed by atoms with Gasteiger partial charge in [0.25, 0.3) is 5.91 Å². The second-order valence-corrected chi connectivity index (χ2v) is 8.74. The van der Waals surface area contributed by atoms with Gasteiger partial charge >= 0.3 is 5.69 Å². The minimum atomic E-state index is -0.00262. The number of fused-ring (bicyclic) bond motifs is 1. The molecule has 0 unspecified atom stereocenters. The standard InChI is InChI=1S/C24H29N5O2/c1-17-20(5-4-12-25-17)23(30)28-15-8-18(9-16-28)27-13-10-19(11-14-27)29-22-7-3-2-6-21(22)26-24(29)31/h2-7,12,18-19H,8-11,13-16H2,1H3,(H,26,31). The highest BCUT2D eigenvalue weighted by Gasteiger charge is 2.31. The average Bonchev–Trinajstić information content (AvgIpc) is 3.15. The molecule has 2 aliphatic heterocycles. The maximum atomic E-state index is 12.9. The van der Waals surface area contributed by atoms with Crippen LogP contribution in [0.25, 0.3) is 11.0 Å². The Morgan fingerprint density at radius 2 is 1.68 bits per heavy atom. The highest BCUT2D eigenvalue weighted by Crippen LogP contribution is 2.28. The van der Waals surface area contributed by atoms with Crippen LogP contribution in [0.5, 0.6) is 0 Å². The van der Waals surface area contributed by atoms with Gasteiger partial charge in [-0.05, 0) is 56.9 Å². The van der Waals surface area contributed by atoms with Crippen molar-refractivity contribution in [1.82, 2.24) is 24.3 Å². The summed E-state index contributed by atoms with van der Waals surface area (Å²) in [6, 6.07) is 12.4. The summed E-state index contributed by atoms with van der Waals surface area (Å²) < 4.78 is 1.95. The van der Waals surface area contributed by atoms with Crippen molar-refractivity contribution in [2.45, 2.75) is 44.7 Å². The molecule has 4 heterocycles. The number of nitrogens with zero attached hydrogens (tertiary/aromatic N) is 4. The van der Waals surface area contributed by atoms with E-state index in [1.807, 2.05) is 52.8 Å². The van der Waals surface area contributed by atoms with Crippen LogP contribution in [0.2, 0.25) is 0 Å². The fourth-order valence-corrected chi connectivity index (χ4v) is 5.26. The van der Waals surface area contributed by atoms with Crippen LogP contribution < -0.4 is 5.69 Å². The number of rotatable bonds is 3. The van der Waals surface area contributed by atoms with E-state index in [1.165, 1.54) is 0 Å². The molecule has 7 heteroatoms. The fraction of sp³-hybridized carbons (Fsp3) is 0.458. The third-order valence-electron chi connectivity index (χ3n) is 6.99. The molecule has 1 N–H and O–H groups in total. The van der Waals surface area contributed by atoms with Crippen LogP contribution in [0.3, 0.4) is 0 Å². The molecule has 2 saturated heterocycles. The molecule has 0 aliphatic carbocycles. The number of carbonyl (C=O) groups excluding carboxylic acids is 1. The Hall–Kier alpha value is -2.93. The number of hydrogen-bond donors (Lipinski definition) is 1. The molecule has 31 heavy (non-hydrogen) atoms. The zero-order valence-corrected chi connectivity index (χ0v) is 18.0. The minimum absolute atomic E-state index is 0.00262. The molecule has 0 atom stereocenters. The number of aryl methyl sites for hydroxylation is 1. The van der Waals surface area contributed by atoms with Crippen molar-refractivity contribution in [3.05, 3.63) is 64.3 Å². The summed E-state index contributed by atoms with van der Waals surface area (Å²) in [7, 11) is 0. The number of aromatic amines is 1. The van der Waals surface area contributed by atoms with Crippen molar-refractivity contribution in [1.29, 1.82) is 0 Å². The molecule has 3 aromatic rings. The van der Waals surface area contributed by atoms with E-state index in [0.29, 0.717) is 11.6 Å². The topological polar surface area (TPSA) is 74.2 Å². The summed E-state index contributed by atoms with van der Waals surface area (Å²) in [5, 5.41) is 0. The number of likely N-dealkylation sites (tertiary alicyclic amines) is 2. The monoisotopic (exact) mass is 419 g/mol. The number of nitrogens with one attached hydrogen (secondary N) is 1. The van der Waals surface area contributed by atoms with E-state index >= 15 is 0 Å². The number of piperidine rings is 2. The van der Waals surface area contributed by atoms with Crippen molar-refractivity contribution >= 4 is 16.9 Å². The Bertz CT molecular complexity index is 1130. The normalized spacial score (nSPS) is 19.2. The molecule has 0 spiro atoms. The van der Waals surface area contributed by atoms with Gasteiger partial charge in [-0.2, -0.15) is 0 Å². The lowest BCUT2D eigenvalue weighted by molar-refractivity contribution is 0.0557. The molecule has 7 nitrogen and oxygen atoms in total. The van der Waals surface area contributed by atoms with Gasteiger partial charge in [0.05, 0.1) is 16.6 Å². The molecule has 0 radical (unpaired) electrons. The molecule has 1 aromatic carbocycles. The van der Waals surface area contributed by atoms with Crippen molar-refractivity contribution in [3.63, 3.8) is 0 Å². The predicted molar refractivity (Wildman–Crippen MR) is 120 cm³/mol. The first-order chi connectivity index (χ1) is 15.1. The number of para-hydroxylation sites is 2. The summed E-state index contributed by atoms with van der Waals surface area (Å²) in [5.41, 5.74) is 3.42. The van der Waals surface area contributed by atoms with Crippen LogP contribution in [-0.2, 0) is 0 Å². The third kappa shape index (κ3) is 3.78. The number of benzene rings is 1. The zero-order valence-electron chi connectivity index (χ0n) is 18.0. The zero-order chi connectivity index (χ0) is 21.4. The van der Waals surface area contributed by atoms with E-state index in [2.05, 4.69) is 14.9 Å². The number of imidazole rings is 1. The number of H-pyrrole nitrogens is 1. The van der Waals surface area contributed by atoms with Crippen LogP contribution in [0.4, 0.5) is 0 Å². The average molecular weight is 420 g/mol. The molecule has 162 valence electrons. The van der Waals surface area contributed by atoms with Crippen LogP contribution >= 0.6 is 0 Å². The second kappa shape index (κ2) is 8.30. The van der Waals surface area contributed by atoms with Gasteiger partial charge in [0.2, 0.25) is 0 Å². The van der Waals surface area contributed by atoms with Crippen LogP contribution in [0.1, 0.15) is 47.8 Å². The SMILES string of the molecule is Cc1ncccc1C(=O)N1CCC(N2CCC(n3c(=O)[nH]c4ccccc43)CC2)CC1. The van der Waals surface area contributed by atoms with E-state index in [0.717, 1.165) is 68.6 Å². The number of pyridine rings is 1. The van der Waals surface area contributed by atoms with Crippen molar-refractivity contribution in [3.8, 4) is 0 Å². The molecule has 2 aliphatic rings. The van der Waals surface area contributed by atoms with Gasteiger partial charge in [-0.25, -0.2) is 4.79 Å². The minimum Gasteiger partial charge on any atom is -0.338 e. The molecule has 2 fully saturated rings. The van der Waals surface area contributed by atoms with Gasteiger partial charge in [-0.1, -0.05) is 12.1 Å². The molecule has 1 amide bonds. The maximum Gasteiger partial charge on any atom is 0.326 e. The molecular weight excluding hydrogens is 390 g/mol. The number of aromatic nitrogens is 3. The third-order valence-corrected chi connectivity index (χ3v) is 6.99. The molecular formula is C24H29N5O2. The quantitative estimate of drug-likeness (QED) is 0.708.